The van der Waals surface area contributed by atoms with Crippen molar-refractivity contribution in [1.82, 2.24) is 19.1 Å². The van der Waals surface area contributed by atoms with Gasteiger partial charge in [0.05, 0.1) is 6.33 Å². The molecule has 2 aromatic heterocycles. The van der Waals surface area contributed by atoms with Gasteiger partial charge in [-0.05, 0) is 78.9 Å². The van der Waals surface area contributed by atoms with E-state index in [4.69, 9.17) is 0 Å². The molecule has 0 aliphatic carbocycles. The van der Waals surface area contributed by atoms with Gasteiger partial charge in [0.2, 0.25) is 0 Å². The summed E-state index contributed by atoms with van der Waals surface area (Å²) in [5, 5.41) is 0. The second-order valence-electron chi connectivity index (χ2n) is 8.84. The summed E-state index contributed by atoms with van der Waals surface area (Å²) in [4.78, 5) is 32.1. The maximum Gasteiger partial charge on any atom is 0.298 e. The van der Waals surface area contributed by atoms with E-state index in [0.717, 1.165) is 43.3 Å². The highest BCUT2D eigenvalue weighted by Crippen LogP contribution is 2.15. The van der Waals surface area contributed by atoms with E-state index in [1.54, 1.807) is 23.0 Å². The Kier molecular flexibility index (Phi) is 9.57. The number of imidazole rings is 1. The van der Waals surface area contributed by atoms with Crippen molar-refractivity contribution in [3.05, 3.63) is 69.6 Å². The molecule has 0 aliphatic rings. The molecule has 0 aromatic carbocycles. The summed E-state index contributed by atoms with van der Waals surface area (Å²) < 4.78 is 3.61. The van der Waals surface area contributed by atoms with Crippen LogP contribution in [-0.2, 0) is 18.4 Å². The Morgan fingerprint density at radius 3 is 2.31 bits per heavy atom. The highest BCUT2D eigenvalue weighted by Gasteiger charge is 2.08. The summed E-state index contributed by atoms with van der Waals surface area (Å²) >= 11 is 0. The van der Waals surface area contributed by atoms with Gasteiger partial charge in [0, 0.05) is 13.6 Å². The number of nitrogens with zero attached hydrogens (tertiary/aromatic N) is 4. The minimum absolute atomic E-state index is 0.0809. The quantitative estimate of drug-likeness (QED) is 0.347. The van der Waals surface area contributed by atoms with E-state index in [2.05, 4.69) is 36.0 Å². The Morgan fingerprint density at radius 2 is 1.59 bits per heavy atom. The molecule has 32 heavy (non-hydrogen) atoms. The third-order valence-electron chi connectivity index (χ3n) is 5.33. The van der Waals surface area contributed by atoms with E-state index >= 15 is 0 Å². The van der Waals surface area contributed by atoms with Crippen LogP contribution in [-0.4, -0.2) is 24.9 Å². The van der Waals surface area contributed by atoms with E-state index in [-0.39, 0.29) is 11.3 Å². The molecule has 2 heterocycles. The molecule has 0 bridgehead atoms. The van der Waals surface area contributed by atoms with Crippen molar-refractivity contribution in [2.24, 2.45) is 7.05 Å². The lowest BCUT2D eigenvalue weighted by atomic mass is 10.0. The molecule has 6 nitrogen and oxygen atoms in total. The first kappa shape index (κ1) is 25.2. The van der Waals surface area contributed by atoms with E-state index in [1.807, 2.05) is 32.4 Å². The number of hydrogen-bond donors (Lipinski definition) is 0. The lowest BCUT2D eigenvalue weighted by Crippen LogP contribution is -2.13. The number of aryl methyl sites for hydroxylation is 1. The van der Waals surface area contributed by atoms with E-state index in [0.29, 0.717) is 17.7 Å². The van der Waals surface area contributed by atoms with Crippen LogP contribution in [0.15, 0.2) is 64.0 Å². The van der Waals surface area contributed by atoms with Crippen LogP contribution in [0, 0.1) is 0 Å². The van der Waals surface area contributed by atoms with Gasteiger partial charge >= 0.3 is 0 Å². The van der Waals surface area contributed by atoms with Crippen LogP contribution < -0.4 is 5.56 Å². The minimum atomic E-state index is -0.244. The fourth-order valence-corrected chi connectivity index (χ4v) is 3.53. The smallest absolute Gasteiger partial charge is 0.298 e. The number of fused-ring (bicyclic) bond motifs is 1. The van der Waals surface area contributed by atoms with Crippen molar-refractivity contribution in [1.29, 1.82) is 0 Å². The van der Waals surface area contributed by atoms with Gasteiger partial charge in [0.25, 0.3) is 5.56 Å². The van der Waals surface area contributed by atoms with Gasteiger partial charge in [-0.3, -0.25) is 9.59 Å². The number of allylic oxidation sites excluding steroid dienone is 8. The fourth-order valence-electron chi connectivity index (χ4n) is 3.53. The number of hydrogen-bond acceptors (Lipinski definition) is 4. The zero-order valence-electron chi connectivity index (χ0n) is 20.3. The first-order valence-corrected chi connectivity index (χ1v) is 11.2. The van der Waals surface area contributed by atoms with Crippen LogP contribution in [0.1, 0.15) is 66.7 Å². The molecule has 0 saturated carbocycles. The summed E-state index contributed by atoms with van der Waals surface area (Å²) in [7, 11) is 1.84. The second-order valence-corrected chi connectivity index (χ2v) is 8.84. The predicted molar refractivity (Wildman–Crippen MR) is 132 cm³/mol. The van der Waals surface area contributed by atoms with Crippen molar-refractivity contribution in [2.75, 3.05) is 0 Å². The standard InChI is InChI=1S/C26H36N4O2/c1-19(2)15-23(31)16-22(5)12-8-10-20(3)9-7-11-21(4)13-14-30-18-27-25-24(30)26(32)28-17-29(25)6/h9,13,15-18H,7-8,10-12,14H2,1-6H3. The van der Waals surface area contributed by atoms with Crippen LogP contribution in [0.25, 0.3) is 11.2 Å². The average Bonchev–Trinajstić information content (AvgIpc) is 3.14. The first-order chi connectivity index (χ1) is 15.2. The predicted octanol–water partition coefficient (Wildman–Crippen LogP) is 5.45. The molecular weight excluding hydrogens is 400 g/mol. The zero-order valence-corrected chi connectivity index (χ0v) is 20.3. The van der Waals surface area contributed by atoms with Crippen molar-refractivity contribution in [3.63, 3.8) is 0 Å². The van der Waals surface area contributed by atoms with Gasteiger partial charge in [-0.25, -0.2) is 4.98 Å². The lowest BCUT2D eigenvalue weighted by molar-refractivity contribution is -0.110. The number of aromatic nitrogens is 4. The molecule has 0 unspecified atom stereocenters. The zero-order chi connectivity index (χ0) is 23.7. The number of carbonyl (C=O) groups excluding carboxylic acids is 1. The molecule has 0 radical (unpaired) electrons. The van der Waals surface area contributed by atoms with Crippen LogP contribution in [0.5, 0.6) is 0 Å². The van der Waals surface area contributed by atoms with E-state index in [9.17, 15) is 9.59 Å². The van der Waals surface area contributed by atoms with Crippen LogP contribution in [0.2, 0.25) is 0 Å². The number of ketones is 1. The lowest BCUT2D eigenvalue weighted by Gasteiger charge is -2.05. The Labute approximate surface area is 191 Å². The minimum Gasteiger partial charge on any atom is -0.321 e. The molecule has 0 saturated heterocycles. The van der Waals surface area contributed by atoms with Crippen LogP contribution >= 0.6 is 0 Å². The molecule has 0 atom stereocenters. The molecule has 0 spiro atoms. The Bertz CT molecular complexity index is 1120. The Balaban J connectivity index is 1.80. The van der Waals surface area contributed by atoms with Gasteiger partial charge in [0.1, 0.15) is 6.33 Å². The average molecular weight is 437 g/mol. The summed E-state index contributed by atoms with van der Waals surface area (Å²) in [6.45, 7) is 10.8. The van der Waals surface area contributed by atoms with Crippen molar-refractivity contribution in [3.8, 4) is 0 Å². The first-order valence-electron chi connectivity index (χ1n) is 11.2. The van der Waals surface area contributed by atoms with Crippen molar-refractivity contribution >= 4 is 16.9 Å². The summed E-state index contributed by atoms with van der Waals surface area (Å²) in [6, 6.07) is 0. The van der Waals surface area contributed by atoms with Crippen LogP contribution in [0.3, 0.4) is 0 Å². The SMILES string of the molecule is CC(C)=CC(=O)C=C(C)CCCC(C)=CCCC(C)=CCn1cnc2c1c(=O)ncn2C. The monoisotopic (exact) mass is 436 g/mol. The van der Waals surface area contributed by atoms with Gasteiger partial charge in [-0.15, -0.1) is 0 Å². The molecular formula is C26H36N4O2. The van der Waals surface area contributed by atoms with E-state index in [1.165, 1.54) is 17.5 Å². The molecule has 2 aromatic rings. The Morgan fingerprint density at radius 1 is 0.906 bits per heavy atom. The molecule has 2 rings (SSSR count). The molecule has 0 amide bonds. The van der Waals surface area contributed by atoms with Gasteiger partial charge < -0.3 is 9.13 Å². The van der Waals surface area contributed by atoms with Gasteiger partial charge in [-0.1, -0.05) is 34.4 Å². The maximum atomic E-state index is 12.1. The number of rotatable bonds is 11. The van der Waals surface area contributed by atoms with Crippen molar-refractivity contribution < 1.29 is 4.79 Å². The highest BCUT2D eigenvalue weighted by molar-refractivity contribution is 6.00. The largest absolute Gasteiger partial charge is 0.321 e. The molecule has 0 N–H and O–H groups in total. The normalized spacial score (nSPS) is 13.0. The topological polar surface area (TPSA) is 69.8 Å². The fraction of sp³-hybridized carbons (Fsp3) is 0.462. The van der Waals surface area contributed by atoms with Crippen molar-refractivity contribution in [2.45, 2.75) is 73.3 Å². The van der Waals surface area contributed by atoms with Crippen LogP contribution in [0.4, 0.5) is 0 Å². The van der Waals surface area contributed by atoms with E-state index < -0.39 is 0 Å². The molecule has 0 aliphatic heterocycles. The summed E-state index contributed by atoms with van der Waals surface area (Å²) in [5.74, 6) is 0.0809. The molecule has 0 fully saturated rings. The number of carbonyl (C=O) groups is 1. The highest BCUT2D eigenvalue weighted by atomic mass is 16.1. The third-order valence-corrected chi connectivity index (χ3v) is 5.33. The van der Waals surface area contributed by atoms with Gasteiger partial charge in [0.15, 0.2) is 16.9 Å². The van der Waals surface area contributed by atoms with Gasteiger partial charge in [-0.2, -0.15) is 4.98 Å². The Hall–Kier alpha value is -3.02. The third kappa shape index (κ3) is 7.91. The second kappa shape index (κ2) is 12.1. The maximum absolute atomic E-state index is 12.1. The summed E-state index contributed by atoms with van der Waals surface area (Å²) in [5.41, 5.74) is 5.79. The molecule has 6 heteroatoms. The summed E-state index contributed by atoms with van der Waals surface area (Å²) in [6.07, 6.45) is 16.1. The molecule has 172 valence electrons.